The molecule has 0 radical (unpaired) electrons. The Morgan fingerprint density at radius 1 is 1.28 bits per heavy atom. The van der Waals surface area contributed by atoms with Crippen molar-refractivity contribution < 1.29 is 4.74 Å². The molecular weight excluding hydrogens is 242 g/mol. The summed E-state index contributed by atoms with van der Waals surface area (Å²) in [6, 6.07) is 12.7. The van der Waals surface area contributed by atoms with E-state index in [-0.39, 0.29) is 6.04 Å². The van der Waals surface area contributed by atoms with Crippen LogP contribution in [0.4, 0.5) is 0 Å². The van der Waals surface area contributed by atoms with Crippen molar-refractivity contribution in [2.24, 2.45) is 11.7 Å². The third-order valence-electron chi connectivity index (χ3n) is 3.53. The predicted molar refractivity (Wildman–Crippen MR) is 75.1 cm³/mol. The number of fused-ring (bicyclic) bond motifs is 1. The highest BCUT2D eigenvalue weighted by Gasteiger charge is 2.25. The summed E-state index contributed by atoms with van der Waals surface area (Å²) >= 11 is 1.78. The van der Waals surface area contributed by atoms with E-state index in [2.05, 4.69) is 29.6 Å². The molecule has 1 aromatic carbocycles. The molecule has 0 bridgehead atoms. The van der Waals surface area contributed by atoms with Crippen LogP contribution in [0, 0.1) is 5.92 Å². The first-order valence-electron chi connectivity index (χ1n) is 6.31. The molecule has 18 heavy (non-hydrogen) atoms. The number of rotatable bonds is 3. The third-order valence-corrected chi connectivity index (χ3v) is 4.43. The van der Waals surface area contributed by atoms with Crippen molar-refractivity contribution in [2.45, 2.75) is 18.9 Å². The van der Waals surface area contributed by atoms with Crippen LogP contribution >= 0.6 is 11.3 Å². The Morgan fingerprint density at radius 3 is 3.00 bits per heavy atom. The largest absolute Gasteiger partial charge is 0.493 e. The normalized spacial score (nSPS) is 19.9. The van der Waals surface area contributed by atoms with Gasteiger partial charge in [0.1, 0.15) is 5.75 Å². The zero-order chi connectivity index (χ0) is 12.4. The van der Waals surface area contributed by atoms with Gasteiger partial charge in [-0.15, -0.1) is 11.3 Å². The Hall–Kier alpha value is -1.32. The SMILES string of the molecule is NC(Cc1cccs1)C1COc2ccccc2C1. The molecule has 1 aliphatic rings. The van der Waals surface area contributed by atoms with Gasteiger partial charge in [-0.3, -0.25) is 0 Å². The summed E-state index contributed by atoms with van der Waals surface area (Å²) in [4.78, 5) is 1.36. The molecular formula is C15H17NOS. The minimum absolute atomic E-state index is 0.178. The number of hydrogen-bond donors (Lipinski definition) is 1. The van der Waals surface area contributed by atoms with Crippen LogP contribution in [0.25, 0.3) is 0 Å². The summed E-state index contributed by atoms with van der Waals surface area (Å²) in [6.45, 7) is 0.740. The molecule has 94 valence electrons. The van der Waals surface area contributed by atoms with E-state index < -0.39 is 0 Å². The molecule has 2 heterocycles. The van der Waals surface area contributed by atoms with Crippen molar-refractivity contribution >= 4 is 11.3 Å². The smallest absolute Gasteiger partial charge is 0.122 e. The van der Waals surface area contributed by atoms with Gasteiger partial charge < -0.3 is 10.5 Å². The Balaban J connectivity index is 1.68. The van der Waals surface area contributed by atoms with Crippen LogP contribution in [0.2, 0.25) is 0 Å². The van der Waals surface area contributed by atoms with E-state index in [0.717, 1.165) is 25.2 Å². The van der Waals surface area contributed by atoms with Crippen molar-refractivity contribution in [1.82, 2.24) is 0 Å². The highest BCUT2D eigenvalue weighted by atomic mass is 32.1. The zero-order valence-electron chi connectivity index (χ0n) is 10.2. The number of para-hydroxylation sites is 1. The van der Waals surface area contributed by atoms with Crippen LogP contribution in [-0.4, -0.2) is 12.6 Å². The lowest BCUT2D eigenvalue weighted by Gasteiger charge is -2.29. The van der Waals surface area contributed by atoms with E-state index in [1.54, 1.807) is 11.3 Å². The number of nitrogens with two attached hydrogens (primary N) is 1. The van der Waals surface area contributed by atoms with Gasteiger partial charge in [0.2, 0.25) is 0 Å². The molecule has 2 nitrogen and oxygen atoms in total. The van der Waals surface area contributed by atoms with Gasteiger partial charge in [0, 0.05) is 16.8 Å². The average molecular weight is 259 g/mol. The average Bonchev–Trinajstić information content (AvgIpc) is 2.91. The second-order valence-corrected chi connectivity index (χ2v) is 5.86. The van der Waals surface area contributed by atoms with Crippen molar-refractivity contribution in [3.63, 3.8) is 0 Å². The first-order valence-corrected chi connectivity index (χ1v) is 7.19. The van der Waals surface area contributed by atoms with Crippen LogP contribution < -0.4 is 10.5 Å². The molecule has 0 saturated carbocycles. The quantitative estimate of drug-likeness (QED) is 0.920. The maximum atomic E-state index is 6.32. The molecule has 0 fully saturated rings. The number of ether oxygens (including phenoxy) is 1. The molecule has 1 aliphatic heterocycles. The van der Waals surface area contributed by atoms with Crippen LogP contribution in [0.5, 0.6) is 5.75 Å². The Labute approximate surface area is 111 Å². The van der Waals surface area contributed by atoms with E-state index in [9.17, 15) is 0 Å². The van der Waals surface area contributed by atoms with Gasteiger partial charge in [-0.1, -0.05) is 24.3 Å². The van der Waals surface area contributed by atoms with E-state index >= 15 is 0 Å². The first kappa shape index (κ1) is 11.8. The number of benzene rings is 1. The minimum atomic E-state index is 0.178. The van der Waals surface area contributed by atoms with E-state index in [4.69, 9.17) is 10.5 Å². The Kier molecular flexibility index (Phi) is 3.35. The summed E-state index contributed by atoms with van der Waals surface area (Å²) in [5.74, 6) is 1.44. The predicted octanol–water partition coefficient (Wildman–Crippen LogP) is 2.87. The maximum Gasteiger partial charge on any atom is 0.122 e. The Morgan fingerprint density at radius 2 is 2.17 bits per heavy atom. The molecule has 2 N–H and O–H groups in total. The number of hydrogen-bond acceptors (Lipinski definition) is 3. The van der Waals surface area contributed by atoms with Gasteiger partial charge in [-0.25, -0.2) is 0 Å². The van der Waals surface area contributed by atoms with Crippen LogP contribution in [0.3, 0.4) is 0 Å². The molecule has 2 atom stereocenters. The van der Waals surface area contributed by atoms with Gasteiger partial charge in [-0.05, 0) is 35.9 Å². The fourth-order valence-corrected chi connectivity index (χ4v) is 3.23. The van der Waals surface area contributed by atoms with Crippen LogP contribution in [-0.2, 0) is 12.8 Å². The minimum Gasteiger partial charge on any atom is -0.493 e. The highest BCUT2D eigenvalue weighted by Crippen LogP contribution is 2.28. The molecule has 0 amide bonds. The van der Waals surface area contributed by atoms with Gasteiger partial charge in [0.25, 0.3) is 0 Å². The monoisotopic (exact) mass is 259 g/mol. The fourth-order valence-electron chi connectivity index (χ4n) is 2.45. The van der Waals surface area contributed by atoms with Crippen molar-refractivity contribution in [3.8, 4) is 5.75 Å². The van der Waals surface area contributed by atoms with E-state index in [1.165, 1.54) is 10.4 Å². The zero-order valence-corrected chi connectivity index (χ0v) is 11.0. The molecule has 0 saturated heterocycles. The van der Waals surface area contributed by atoms with E-state index in [0.29, 0.717) is 5.92 Å². The number of thiophene rings is 1. The van der Waals surface area contributed by atoms with Crippen molar-refractivity contribution in [1.29, 1.82) is 0 Å². The van der Waals surface area contributed by atoms with Crippen molar-refractivity contribution in [2.75, 3.05) is 6.61 Å². The van der Waals surface area contributed by atoms with Gasteiger partial charge in [0.05, 0.1) is 6.61 Å². The summed E-state index contributed by atoms with van der Waals surface area (Å²) < 4.78 is 5.80. The molecule has 2 aromatic rings. The topological polar surface area (TPSA) is 35.2 Å². The Bertz CT molecular complexity index is 509. The lowest BCUT2D eigenvalue weighted by atomic mass is 9.89. The highest BCUT2D eigenvalue weighted by molar-refractivity contribution is 7.09. The maximum absolute atomic E-state index is 6.32. The third kappa shape index (κ3) is 2.42. The van der Waals surface area contributed by atoms with Crippen LogP contribution in [0.1, 0.15) is 10.4 Å². The first-order chi connectivity index (χ1) is 8.83. The summed E-state index contributed by atoms with van der Waals surface area (Å²) in [5.41, 5.74) is 7.61. The second-order valence-electron chi connectivity index (χ2n) is 4.83. The van der Waals surface area contributed by atoms with Gasteiger partial charge in [0.15, 0.2) is 0 Å². The molecule has 1 aromatic heterocycles. The van der Waals surface area contributed by atoms with E-state index in [1.807, 2.05) is 12.1 Å². The molecule has 3 rings (SSSR count). The molecule has 3 heteroatoms. The lowest BCUT2D eigenvalue weighted by molar-refractivity contribution is 0.199. The molecule has 0 aliphatic carbocycles. The van der Waals surface area contributed by atoms with Crippen LogP contribution in [0.15, 0.2) is 41.8 Å². The molecule has 2 unspecified atom stereocenters. The summed E-state index contributed by atoms with van der Waals surface area (Å²) in [6.07, 6.45) is 1.98. The van der Waals surface area contributed by atoms with Crippen molar-refractivity contribution in [3.05, 3.63) is 52.2 Å². The fraction of sp³-hybridized carbons (Fsp3) is 0.333. The van der Waals surface area contributed by atoms with Gasteiger partial charge >= 0.3 is 0 Å². The van der Waals surface area contributed by atoms with Gasteiger partial charge in [-0.2, -0.15) is 0 Å². The molecule has 0 spiro atoms. The summed E-state index contributed by atoms with van der Waals surface area (Å²) in [7, 11) is 0. The lowest BCUT2D eigenvalue weighted by Crippen LogP contribution is -2.39. The standard InChI is InChI=1S/C15H17NOS/c16-14(9-13-5-3-7-18-13)12-8-11-4-1-2-6-15(11)17-10-12/h1-7,12,14H,8-10,16H2. The summed E-state index contributed by atoms with van der Waals surface area (Å²) in [5, 5.41) is 2.11. The second kappa shape index (κ2) is 5.12.